The van der Waals surface area contributed by atoms with Gasteiger partial charge in [-0.2, -0.15) is 0 Å². The smallest absolute Gasteiger partial charge is 0.310 e. The van der Waals surface area contributed by atoms with Crippen molar-refractivity contribution < 1.29 is 9.53 Å². The van der Waals surface area contributed by atoms with Crippen LogP contribution in [0, 0.1) is 0 Å². The second kappa shape index (κ2) is 6.66. The lowest BCUT2D eigenvalue weighted by Gasteiger charge is -2.09. The third-order valence-electron chi connectivity index (χ3n) is 3.01. The number of carbonyl (C=O) groups is 1. The van der Waals surface area contributed by atoms with Gasteiger partial charge in [0.15, 0.2) is 0 Å². The number of rotatable bonds is 5. The number of esters is 1. The van der Waals surface area contributed by atoms with Gasteiger partial charge in [-0.15, -0.1) is 6.58 Å². The molecule has 0 amide bonds. The summed E-state index contributed by atoms with van der Waals surface area (Å²) in [6.45, 7) is 3.78. The van der Waals surface area contributed by atoms with E-state index < -0.39 is 0 Å². The fourth-order valence-corrected chi connectivity index (χ4v) is 2.06. The maximum Gasteiger partial charge on any atom is 0.310 e. The van der Waals surface area contributed by atoms with Crippen LogP contribution in [-0.2, 0) is 22.4 Å². The summed E-state index contributed by atoms with van der Waals surface area (Å²) in [4.78, 5) is 15.8. The van der Waals surface area contributed by atoms with Gasteiger partial charge in [-0.05, 0) is 17.5 Å². The second-order valence-corrected chi connectivity index (χ2v) is 4.46. The molecule has 2 aromatic rings. The minimum atomic E-state index is -0.260. The molecule has 20 heavy (non-hydrogen) atoms. The SMILES string of the molecule is C=CCc1cc(CC(=O)OC)cnc1-c1ccccc1. The summed E-state index contributed by atoms with van der Waals surface area (Å²) in [5, 5.41) is 0. The molecule has 0 spiro atoms. The number of carbonyl (C=O) groups excluding carboxylic acids is 1. The Balaban J connectivity index is 2.38. The molecule has 102 valence electrons. The number of methoxy groups -OCH3 is 1. The quantitative estimate of drug-likeness (QED) is 0.617. The van der Waals surface area contributed by atoms with Gasteiger partial charge in [0.1, 0.15) is 0 Å². The Morgan fingerprint density at radius 1 is 1.35 bits per heavy atom. The van der Waals surface area contributed by atoms with Crippen LogP contribution in [0.4, 0.5) is 0 Å². The fraction of sp³-hybridized carbons (Fsp3) is 0.176. The van der Waals surface area contributed by atoms with Crippen molar-refractivity contribution in [3.8, 4) is 11.3 Å². The highest BCUT2D eigenvalue weighted by atomic mass is 16.5. The molecule has 1 heterocycles. The van der Waals surface area contributed by atoms with E-state index in [-0.39, 0.29) is 12.4 Å². The number of aromatic nitrogens is 1. The zero-order valence-corrected chi connectivity index (χ0v) is 11.5. The number of allylic oxidation sites excluding steroid dienone is 1. The number of hydrogen-bond donors (Lipinski definition) is 0. The summed E-state index contributed by atoms with van der Waals surface area (Å²) < 4.78 is 4.68. The number of benzene rings is 1. The van der Waals surface area contributed by atoms with Crippen molar-refractivity contribution in [3.63, 3.8) is 0 Å². The Bertz CT molecular complexity index is 606. The molecule has 0 unspecified atom stereocenters. The van der Waals surface area contributed by atoms with Gasteiger partial charge in [0.25, 0.3) is 0 Å². The van der Waals surface area contributed by atoms with E-state index in [0.29, 0.717) is 6.42 Å². The van der Waals surface area contributed by atoms with Gasteiger partial charge >= 0.3 is 5.97 Å². The third kappa shape index (κ3) is 3.32. The molecule has 3 heteroatoms. The zero-order chi connectivity index (χ0) is 14.4. The molecule has 0 aliphatic carbocycles. The maximum atomic E-state index is 11.3. The molecular formula is C17H17NO2. The average Bonchev–Trinajstić information content (AvgIpc) is 2.48. The van der Waals surface area contributed by atoms with Crippen LogP contribution >= 0.6 is 0 Å². The standard InChI is InChI=1S/C17H17NO2/c1-3-7-15-10-13(11-16(19)20-2)12-18-17(15)14-8-5-4-6-9-14/h3-6,8-10,12H,1,7,11H2,2H3. The van der Waals surface area contributed by atoms with Crippen LogP contribution in [0.15, 0.2) is 55.3 Å². The molecule has 3 nitrogen and oxygen atoms in total. The summed E-state index contributed by atoms with van der Waals surface area (Å²) in [6, 6.07) is 12.0. The molecule has 0 aliphatic rings. The van der Waals surface area contributed by atoms with Crippen LogP contribution in [-0.4, -0.2) is 18.1 Å². The first-order valence-corrected chi connectivity index (χ1v) is 6.45. The molecule has 1 aromatic carbocycles. The van der Waals surface area contributed by atoms with Crippen molar-refractivity contribution in [2.45, 2.75) is 12.8 Å². The van der Waals surface area contributed by atoms with Gasteiger partial charge in [-0.3, -0.25) is 9.78 Å². The van der Waals surface area contributed by atoms with Crippen molar-refractivity contribution >= 4 is 5.97 Å². The van der Waals surface area contributed by atoms with Gasteiger partial charge in [-0.1, -0.05) is 42.5 Å². The van der Waals surface area contributed by atoms with E-state index in [1.54, 1.807) is 6.20 Å². The Morgan fingerprint density at radius 2 is 2.10 bits per heavy atom. The summed E-state index contributed by atoms with van der Waals surface area (Å²) in [6.07, 6.45) is 4.52. The molecular weight excluding hydrogens is 250 g/mol. The zero-order valence-electron chi connectivity index (χ0n) is 11.5. The van der Waals surface area contributed by atoms with E-state index in [4.69, 9.17) is 0 Å². The first kappa shape index (κ1) is 14.0. The normalized spacial score (nSPS) is 10.1. The van der Waals surface area contributed by atoms with Crippen LogP contribution in [0.3, 0.4) is 0 Å². The number of pyridine rings is 1. The summed E-state index contributed by atoms with van der Waals surface area (Å²) in [7, 11) is 1.39. The number of hydrogen-bond acceptors (Lipinski definition) is 3. The van der Waals surface area contributed by atoms with Crippen molar-refractivity contribution in [1.82, 2.24) is 4.98 Å². The first-order chi connectivity index (χ1) is 9.74. The fourth-order valence-electron chi connectivity index (χ4n) is 2.06. The monoisotopic (exact) mass is 267 g/mol. The molecule has 0 N–H and O–H groups in total. The molecule has 0 radical (unpaired) electrons. The summed E-state index contributed by atoms with van der Waals surface area (Å²) >= 11 is 0. The largest absolute Gasteiger partial charge is 0.469 e. The van der Waals surface area contributed by atoms with E-state index in [2.05, 4.69) is 16.3 Å². The Hall–Kier alpha value is -2.42. The predicted molar refractivity (Wildman–Crippen MR) is 79.3 cm³/mol. The van der Waals surface area contributed by atoms with E-state index in [1.165, 1.54) is 7.11 Å². The minimum absolute atomic E-state index is 0.239. The lowest BCUT2D eigenvalue weighted by molar-refractivity contribution is -0.139. The number of nitrogens with zero attached hydrogens (tertiary/aromatic N) is 1. The summed E-state index contributed by atoms with van der Waals surface area (Å²) in [5.41, 5.74) is 3.91. The average molecular weight is 267 g/mol. The maximum absolute atomic E-state index is 11.3. The highest BCUT2D eigenvalue weighted by Crippen LogP contribution is 2.23. The van der Waals surface area contributed by atoms with Gasteiger partial charge in [0.05, 0.1) is 19.2 Å². The van der Waals surface area contributed by atoms with E-state index in [0.717, 1.165) is 22.4 Å². The van der Waals surface area contributed by atoms with Crippen LogP contribution < -0.4 is 0 Å². The van der Waals surface area contributed by atoms with Gasteiger partial charge in [0.2, 0.25) is 0 Å². The van der Waals surface area contributed by atoms with Crippen LogP contribution in [0.25, 0.3) is 11.3 Å². The van der Waals surface area contributed by atoms with E-state index in [1.807, 2.05) is 42.5 Å². The predicted octanol–water partition coefficient (Wildman–Crippen LogP) is 3.19. The van der Waals surface area contributed by atoms with Gasteiger partial charge in [-0.25, -0.2) is 0 Å². The van der Waals surface area contributed by atoms with Crippen molar-refractivity contribution in [2.24, 2.45) is 0 Å². The highest BCUT2D eigenvalue weighted by Gasteiger charge is 2.09. The molecule has 2 rings (SSSR count). The molecule has 0 bridgehead atoms. The topological polar surface area (TPSA) is 39.2 Å². The second-order valence-electron chi connectivity index (χ2n) is 4.46. The lowest BCUT2D eigenvalue weighted by atomic mass is 10.0. The van der Waals surface area contributed by atoms with Gasteiger partial charge < -0.3 is 4.74 Å². The van der Waals surface area contributed by atoms with Crippen molar-refractivity contribution in [1.29, 1.82) is 0 Å². The van der Waals surface area contributed by atoms with Crippen LogP contribution in [0.1, 0.15) is 11.1 Å². The van der Waals surface area contributed by atoms with Crippen LogP contribution in [0.5, 0.6) is 0 Å². The summed E-state index contributed by atoms with van der Waals surface area (Å²) in [5.74, 6) is -0.260. The lowest BCUT2D eigenvalue weighted by Crippen LogP contribution is -2.06. The Kier molecular flexibility index (Phi) is 4.66. The van der Waals surface area contributed by atoms with Gasteiger partial charge in [0, 0.05) is 11.8 Å². The van der Waals surface area contributed by atoms with Crippen molar-refractivity contribution in [3.05, 3.63) is 66.4 Å². The molecule has 1 aromatic heterocycles. The molecule has 0 fully saturated rings. The van der Waals surface area contributed by atoms with E-state index in [9.17, 15) is 4.79 Å². The first-order valence-electron chi connectivity index (χ1n) is 6.45. The van der Waals surface area contributed by atoms with E-state index >= 15 is 0 Å². The molecule has 0 saturated carbocycles. The van der Waals surface area contributed by atoms with Crippen molar-refractivity contribution in [2.75, 3.05) is 7.11 Å². The number of ether oxygens (including phenoxy) is 1. The third-order valence-corrected chi connectivity index (χ3v) is 3.01. The Labute approximate surface area is 118 Å². The highest BCUT2D eigenvalue weighted by molar-refractivity contribution is 5.73. The molecule has 0 atom stereocenters. The molecule has 0 saturated heterocycles. The molecule has 0 aliphatic heterocycles. The Morgan fingerprint density at radius 3 is 2.75 bits per heavy atom. The minimum Gasteiger partial charge on any atom is -0.469 e. The van der Waals surface area contributed by atoms with Crippen LogP contribution in [0.2, 0.25) is 0 Å².